The van der Waals surface area contributed by atoms with Gasteiger partial charge in [0, 0.05) is 18.2 Å². The van der Waals surface area contributed by atoms with Gasteiger partial charge in [-0.1, -0.05) is 23.7 Å². The lowest BCUT2D eigenvalue weighted by Gasteiger charge is -2.23. The second-order valence-corrected chi connectivity index (χ2v) is 4.45. The minimum Gasteiger partial charge on any atom is -0.337 e. The molecule has 0 heterocycles. The summed E-state index contributed by atoms with van der Waals surface area (Å²) in [5, 5.41) is 2.49. The summed E-state index contributed by atoms with van der Waals surface area (Å²) < 4.78 is 51.8. The molecule has 17 heavy (non-hydrogen) atoms. The SMILES string of the molecule is CC(F)(F)C(F)(F)c1ccc(NC(=S)Cl)cc1. The predicted octanol–water partition coefficient (Wildman–Crippen LogP) is 4.37. The van der Waals surface area contributed by atoms with Crippen molar-refractivity contribution in [1.29, 1.82) is 0 Å². The van der Waals surface area contributed by atoms with Crippen LogP contribution in [-0.4, -0.2) is 10.4 Å². The molecule has 0 aliphatic rings. The Hall–Kier alpha value is -0.880. The molecule has 1 N–H and O–H groups in total. The molecule has 1 aromatic rings. The minimum absolute atomic E-state index is 0.0645. The standard InChI is InChI=1S/C10H8ClF4NS/c1-9(12,13)10(14,15)6-2-4-7(5-3-6)16-8(11)17/h2-5H,1H3,(H,16,17). The molecular weight excluding hydrogens is 278 g/mol. The molecule has 94 valence electrons. The summed E-state index contributed by atoms with van der Waals surface area (Å²) in [6.07, 6.45) is 0. The first-order valence-electron chi connectivity index (χ1n) is 4.47. The Bertz CT molecular complexity index is 413. The van der Waals surface area contributed by atoms with E-state index < -0.39 is 17.4 Å². The predicted molar refractivity (Wildman–Crippen MR) is 63.0 cm³/mol. The Morgan fingerprint density at radius 1 is 1.18 bits per heavy atom. The number of halogens is 5. The third-order valence-electron chi connectivity index (χ3n) is 2.04. The lowest BCUT2D eigenvalue weighted by atomic mass is 10.0. The summed E-state index contributed by atoms with van der Waals surface area (Å²) in [5.74, 6) is -8.34. The number of benzene rings is 1. The fourth-order valence-electron chi connectivity index (χ4n) is 1.13. The zero-order chi connectivity index (χ0) is 13.3. The highest BCUT2D eigenvalue weighted by Crippen LogP contribution is 2.42. The molecule has 0 fully saturated rings. The molecule has 0 aliphatic carbocycles. The molecule has 0 saturated heterocycles. The molecule has 0 atom stereocenters. The molecule has 0 bridgehead atoms. The summed E-state index contributed by atoms with van der Waals surface area (Å²) >= 11 is 9.90. The van der Waals surface area contributed by atoms with E-state index in [9.17, 15) is 17.6 Å². The number of thiocarbonyl (C=S) groups is 1. The van der Waals surface area contributed by atoms with Crippen LogP contribution in [0.1, 0.15) is 12.5 Å². The monoisotopic (exact) mass is 285 g/mol. The molecule has 1 nitrogen and oxygen atoms in total. The van der Waals surface area contributed by atoms with Gasteiger partial charge in [0.2, 0.25) is 0 Å². The van der Waals surface area contributed by atoms with Crippen molar-refractivity contribution in [2.75, 3.05) is 5.32 Å². The second-order valence-electron chi connectivity index (χ2n) is 3.44. The van der Waals surface area contributed by atoms with E-state index in [4.69, 9.17) is 11.6 Å². The number of hydrogen-bond donors (Lipinski definition) is 1. The van der Waals surface area contributed by atoms with Crippen LogP contribution in [0.15, 0.2) is 24.3 Å². The van der Waals surface area contributed by atoms with Crippen LogP contribution in [0.4, 0.5) is 23.2 Å². The van der Waals surface area contributed by atoms with Crippen molar-refractivity contribution < 1.29 is 17.6 Å². The smallest absolute Gasteiger partial charge is 0.335 e. The maximum atomic E-state index is 13.2. The van der Waals surface area contributed by atoms with Crippen LogP contribution in [0.5, 0.6) is 0 Å². The third-order valence-corrected chi connectivity index (χ3v) is 2.24. The van der Waals surface area contributed by atoms with Crippen LogP contribution in [0.3, 0.4) is 0 Å². The van der Waals surface area contributed by atoms with Gasteiger partial charge in [-0.25, -0.2) is 0 Å². The van der Waals surface area contributed by atoms with Crippen molar-refractivity contribution in [3.63, 3.8) is 0 Å². The van der Waals surface area contributed by atoms with Crippen molar-refractivity contribution in [2.45, 2.75) is 18.8 Å². The van der Waals surface area contributed by atoms with E-state index in [0.717, 1.165) is 12.1 Å². The Morgan fingerprint density at radius 3 is 2.00 bits per heavy atom. The van der Waals surface area contributed by atoms with Gasteiger partial charge in [-0.05, 0) is 24.4 Å². The van der Waals surface area contributed by atoms with Crippen LogP contribution in [0, 0.1) is 0 Å². The molecule has 0 amide bonds. The average molecular weight is 286 g/mol. The highest BCUT2D eigenvalue weighted by atomic mass is 35.5. The van der Waals surface area contributed by atoms with E-state index in [1.54, 1.807) is 0 Å². The first kappa shape index (κ1) is 14.2. The highest BCUT2D eigenvalue weighted by molar-refractivity contribution is 7.83. The average Bonchev–Trinajstić information content (AvgIpc) is 2.15. The number of rotatable bonds is 3. The molecule has 0 aliphatic heterocycles. The van der Waals surface area contributed by atoms with Gasteiger partial charge < -0.3 is 5.32 Å². The fraction of sp³-hybridized carbons (Fsp3) is 0.300. The Kier molecular flexibility index (Phi) is 3.99. The normalized spacial score (nSPS) is 12.4. The van der Waals surface area contributed by atoms with E-state index in [1.807, 2.05) is 0 Å². The molecule has 0 aromatic heterocycles. The molecule has 1 aromatic carbocycles. The van der Waals surface area contributed by atoms with Crippen LogP contribution >= 0.6 is 23.8 Å². The zero-order valence-corrected chi connectivity index (χ0v) is 10.2. The van der Waals surface area contributed by atoms with Gasteiger partial charge >= 0.3 is 11.8 Å². The van der Waals surface area contributed by atoms with E-state index in [2.05, 4.69) is 17.5 Å². The van der Waals surface area contributed by atoms with E-state index >= 15 is 0 Å². The number of nitrogens with one attached hydrogen (secondary N) is 1. The van der Waals surface area contributed by atoms with Crippen molar-refractivity contribution in [1.82, 2.24) is 0 Å². The molecule has 7 heteroatoms. The Balaban J connectivity index is 2.99. The molecule has 0 spiro atoms. The van der Waals surface area contributed by atoms with Gasteiger partial charge in [0.1, 0.15) is 0 Å². The summed E-state index contributed by atoms with van der Waals surface area (Å²) in [6, 6.07) is 4.19. The van der Waals surface area contributed by atoms with Crippen molar-refractivity contribution in [3.05, 3.63) is 29.8 Å². The topological polar surface area (TPSA) is 12.0 Å². The van der Waals surface area contributed by atoms with Gasteiger partial charge in [-0.15, -0.1) is 0 Å². The van der Waals surface area contributed by atoms with Crippen molar-refractivity contribution in [3.8, 4) is 0 Å². The largest absolute Gasteiger partial charge is 0.337 e. The number of alkyl halides is 4. The Labute approximate surface area is 106 Å². The van der Waals surface area contributed by atoms with Gasteiger partial charge in [0.05, 0.1) is 0 Å². The number of anilines is 1. The maximum absolute atomic E-state index is 13.2. The maximum Gasteiger partial charge on any atom is 0.335 e. The van der Waals surface area contributed by atoms with Crippen LogP contribution in [0.25, 0.3) is 0 Å². The quantitative estimate of drug-likeness (QED) is 0.383. The van der Waals surface area contributed by atoms with Crippen LogP contribution < -0.4 is 5.32 Å². The van der Waals surface area contributed by atoms with Gasteiger partial charge in [0.25, 0.3) is 0 Å². The van der Waals surface area contributed by atoms with E-state index in [1.165, 1.54) is 12.1 Å². The highest BCUT2D eigenvalue weighted by Gasteiger charge is 2.53. The molecular formula is C10H8ClF4NS. The van der Waals surface area contributed by atoms with Crippen molar-refractivity contribution in [2.24, 2.45) is 0 Å². The van der Waals surface area contributed by atoms with Crippen LogP contribution in [-0.2, 0) is 5.92 Å². The first-order chi connectivity index (χ1) is 7.64. The molecule has 0 unspecified atom stereocenters. The summed E-state index contributed by atoms with van der Waals surface area (Å²) in [5.41, 5.74) is -0.417. The molecule has 0 radical (unpaired) electrons. The van der Waals surface area contributed by atoms with E-state index in [-0.39, 0.29) is 11.4 Å². The molecule has 0 saturated carbocycles. The summed E-state index contributed by atoms with van der Waals surface area (Å²) in [7, 11) is 0. The lowest BCUT2D eigenvalue weighted by Crippen LogP contribution is -2.34. The molecule has 1 rings (SSSR count). The third kappa shape index (κ3) is 3.29. The summed E-state index contributed by atoms with van der Waals surface area (Å²) in [4.78, 5) is 0. The second kappa shape index (κ2) is 4.78. The van der Waals surface area contributed by atoms with Crippen LogP contribution in [0.2, 0.25) is 0 Å². The lowest BCUT2D eigenvalue weighted by molar-refractivity contribution is -0.204. The first-order valence-corrected chi connectivity index (χ1v) is 5.26. The fourth-order valence-corrected chi connectivity index (χ4v) is 1.36. The van der Waals surface area contributed by atoms with Gasteiger partial charge in [0.15, 0.2) is 4.45 Å². The van der Waals surface area contributed by atoms with Gasteiger partial charge in [-0.2, -0.15) is 17.6 Å². The number of hydrogen-bond acceptors (Lipinski definition) is 1. The zero-order valence-electron chi connectivity index (χ0n) is 8.61. The van der Waals surface area contributed by atoms with Gasteiger partial charge in [-0.3, -0.25) is 0 Å². The Morgan fingerprint density at radius 2 is 1.65 bits per heavy atom. The van der Waals surface area contributed by atoms with Crippen molar-refractivity contribution >= 4 is 34.0 Å². The minimum atomic E-state index is -4.22. The summed E-state index contributed by atoms with van der Waals surface area (Å²) in [6.45, 7) is 0.174. The van der Waals surface area contributed by atoms with E-state index in [0.29, 0.717) is 5.69 Å².